The van der Waals surface area contributed by atoms with Gasteiger partial charge in [-0.3, -0.25) is 9.48 Å². The predicted molar refractivity (Wildman–Crippen MR) is 81.8 cm³/mol. The molecule has 5 heteroatoms. The van der Waals surface area contributed by atoms with Gasteiger partial charge in [0, 0.05) is 37.3 Å². The summed E-state index contributed by atoms with van der Waals surface area (Å²) in [4.78, 5) is 11.9. The maximum Gasteiger partial charge on any atom is 0.226 e. The molecule has 0 aliphatic heterocycles. The average molecular weight is 284 g/mol. The van der Waals surface area contributed by atoms with Crippen molar-refractivity contribution in [2.24, 2.45) is 5.73 Å². The molecular formula is C16H20N4O. The van der Waals surface area contributed by atoms with Crippen LogP contribution in [0.4, 0.5) is 5.69 Å². The number of carbonyl (C=O) groups is 1. The van der Waals surface area contributed by atoms with Crippen molar-refractivity contribution in [3.8, 4) is 0 Å². The number of nitrogens with two attached hydrogens (primary N) is 1. The van der Waals surface area contributed by atoms with Crippen molar-refractivity contribution in [2.45, 2.75) is 38.3 Å². The molecule has 0 unspecified atom stereocenters. The van der Waals surface area contributed by atoms with Crippen molar-refractivity contribution in [2.75, 3.05) is 5.32 Å². The quantitative estimate of drug-likeness (QED) is 0.854. The van der Waals surface area contributed by atoms with Gasteiger partial charge in [-0.2, -0.15) is 5.10 Å². The van der Waals surface area contributed by atoms with E-state index in [0.717, 1.165) is 16.9 Å². The van der Waals surface area contributed by atoms with Gasteiger partial charge in [0.25, 0.3) is 0 Å². The number of nitrogens with one attached hydrogen (secondary N) is 1. The van der Waals surface area contributed by atoms with Gasteiger partial charge < -0.3 is 11.1 Å². The molecule has 3 rings (SSSR count). The van der Waals surface area contributed by atoms with Crippen molar-refractivity contribution in [3.05, 3.63) is 47.8 Å². The van der Waals surface area contributed by atoms with Gasteiger partial charge >= 0.3 is 0 Å². The van der Waals surface area contributed by atoms with Crippen molar-refractivity contribution < 1.29 is 4.79 Å². The highest BCUT2D eigenvalue weighted by Crippen LogP contribution is 2.38. The fraction of sp³-hybridized carbons (Fsp3) is 0.375. The zero-order valence-corrected chi connectivity index (χ0v) is 12.0. The first kappa shape index (κ1) is 13.8. The third-order valence-electron chi connectivity index (χ3n) is 3.70. The van der Waals surface area contributed by atoms with E-state index < -0.39 is 0 Å². The molecule has 1 aromatic carbocycles. The second kappa shape index (κ2) is 6.10. The smallest absolute Gasteiger partial charge is 0.226 e. The molecule has 1 amide bonds. The van der Waals surface area contributed by atoms with Crippen LogP contribution in [0.2, 0.25) is 0 Å². The minimum absolute atomic E-state index is 0.000953. The average Bonchev–Trinajstić information content (AvgIpc) is 3.25. The van der Waals surface area contributed by atoms with E-state index >= 15 is 0 Å². The Kier molecular flexibility index (Phi) is 4.01. The van der Waals surface area contributed by atoms with Crippen LogP contribution in [0.1, 0.15) is 36.4 Å². The summed E-state index contributed by atoms with van der Waals surface area (Å²) in [5.74, 6) is 0.653. The molecule has 0 spiro atoms. The minimum Gasteiger partial charge on any atom is -0.326 e. The first-order chi connectivity index (χ1) is 10.2. The maximum atomic E-state index is 11.9. The van der Waals surface area contributed by atoms with E-state index in [4.69, 9.17) is 5.73 Å². The standard InChI is InChI=1S/C16H20N4O/c17-11-12-1-5-14(6-2-12)18-16(21)8-10-20-9-7-15(19-20)13-3-4-13/h1-2,5-7,9,13H,3-4,8,10-11,17H2,(H,18,21). The molecule has 1 aliphatic rings. The Morgan fingerprint density at radius 2 is 2.05 bits per heavy atom. The van der Waals surface area contributed by atoms with Gasteiger partial charge in [0.15, 0.2) is 0 Å². The molecule has 5 nitrogen and oxygen atoms in total. The number of aromatic nitrogens is 2. The summed E-state index contributed by atoms with van der Waals surface area (Å²) >= 11 is 0. The molecule has 1 aliphatic carbocycles. The van der Waals surface area contributed by atoms with Crippen LogP contribution < -0.4 is 11.1 Å². The van der Waals surface area contributed by atoms with E-state index in [1.165, 1.54) is 12.8 Å². The molecule has 1 aromatic heterocycles. The van der Waals surface area contributed by atoms with Gasteiger partial charge in [-0.05, 0) is 36.6 Å². The Morgan fingerprint density at radius 1 is 1.29 bits per heavy atom. The van der Waals surface area contributed by atoms with E-state index in [-0.39, 0.29) is 5.91 Å². The number of hydrogen-bond donors (Lipinski definition) is 2. The van der Waals surface area contributed by atoms with Gasteiger partial charge in [-0.25, -0.2) is 0 Å². The van der Waals surface area contributed by atoms with Gasteiger partial charge in [0.05, 0.1) is 5.69 Å². The van der Waals surface area contributed by atoms with E-state index in [0.29, 0.717) is 25.4 Å². The zero-order chi connectivity index (χ0) is 14.7. The Bertz CT molecular complexity index is 613. The third kappa shape index (κ3) is 3.70. The summed E-state index contributed by atoms with van der Waals surface area (Å²) in [6, 6.07) is 9.65. The zero-order valence-electron chi connectivity index (χ0n) is 12.0. The number of hydrogen-bond acceptors (Lipinski definition) is 3. The van der Waals surface area contributed by atoms with Gasteiger partial charge in [0.2, 0.25) is 5.91 Å². The van der Waals surface area contributed by atoms with Gasteiger partial charge in [-0.1, -0.05) is 12.1 Å². The van der Waals surface area contributed by atoms with E-state index in [1.807, 2.05) is 35.1 Å². The molecule has 0 radical (unpaired) electrons. The molecule has 3 N–H and O–H groups in total. The van der Waals surface area contributed by atoms with Crippen LogP contribution in [-0.2, 0) is 17.9 Å². The van der Waals surface area contributed by atoms with Crippen LogP contribution >= 0.6 is 0 Å². The number of rotatable bonds is 6. The number of anilines is 1. The van der Waals surface area contributed by atoms with E-state index in [2.05, 4.69) is 16.5 Å². The number of aryl methyl sites for hydroxylation is 1. The second-order valence-corrected chi connectivity index (χ2v) is 5.48. The summed E-state index contributed by atoms with van der Waals surface area (Å²) in [5.41, 5.74) is 8.56. The Balaban J connectivity index is 1.48. The molecule has 0 bridgehead atoms. The number of nitrogens with zero attached hydrogens (tertiary/aromatic N) is 2. The largest absolute Gasteiger partial charge is 0.326 e. The predicted octanol–water partition coefficient (Wildman–Crippen LogP) is 2.25. The summed E-state index contributed by atoms with van der Waals surface area (Å²) in [5, 5.41) is 7.38. The highest BCUT2D eigenvalue weighted by atomic mass is 16.1. The SMILES string of the molecule is NCc1ccc(NC(=O)CCn2ccc(C3CC3)n2)cc1. The highest BCUT2D eigenvalue weighted by molar-refractivity contribution is 5.90. The third-order valence-corrected chi connectivity index (χ3v) is 3.70. The lowest BCUT2D eigenvalue weighted by Gasteiger charge is -2.06. The molecule has 1 saturated carbocycles. The summed E-state index contributed by atoms with van der Waals surface area (Å²) in [6.07, 6.45) is 4.87. The van der Waals surface area contributed by atoms with Crippen LogP contribution in [-0.4, -0.2) is 15.7 Å². The fourth-order valence-electron chi connectivity index (χ4n) is 2.26. The summed E-state index contributed by atoms with van der Waals surface area (Å²) in [6.45, 7) is 1.12. The lowest BCUT2D eigenvalue weighted by Crippen LogP contribution is -2.14. The van der Waals surface area contributed by atoms with Crippen molar-refractivity contribution in [3.63, 3.8) is 0 Å². The normalized spacial score (nSPS) is 14.1. The Morgan fingerprint density at radius 3 is 2.71 bits per heavy atom. The first-order valence-electron chi connectivity index (χ1n) is 7.37. The molecule has 21 heavy (non-hydrogen) atoms. The lowest BCUT2D eigenvalue weighted by atomic mass is 10.2. The molecule has 1 fully saturated rings. The molecule has 0 atom stereocenters. The van der Waals surface area contributed by atoms with Crippen LogP contribution in [0, 0.1) is 0 Å². The topological polar surface area (TPSA) is 72.9 Å². The molecule has 1 heterocycles. The fourth-order valence-corrected chi connectivity index (χ4v) is 2.26. The number of carbonyl (C=O) groups excluding carboxylic acids is 1. The van der Waals surface area contributed by atoms with Gasteiger partial charge in [0.1, 0.15) is 0 Å². The van der Waals surface area contributed by atoms with Crippen LogP contribution in [0.25, 0.3) is 0 Å². The molecule has 0 saturated heterocycles. The Hall–Kier alpha value is -2.14. The first-order valence-corrected chi connectivity index (χ1v) is 7.37. The van der Waals surface area contributed by atoms with Crippen molar-refractivity contribution in [1.29, 1.82) is 0 Å². The van der Waals surface area contributed by atoms with Crippen molar-refractivity contribution >= 4 is 11.6 Å². The number of benzene rings is 1. The van der Waals surface area contributed by atoms with E-state index in [9.17, 15) is 4.79 Å². The summed E-state index contributed by atoms with van der Waals surface area (Å²) in [7, 11) is 0. The van der Waals surface area contributed by atoms with Crippen LogP contribution in [0.15, 0.2) is 36.5 Å². The monoisotopic (exact) mass is 284 g/mol. The van der Waals surface area contributed by atoms with Crippen LogP contribution in [0.3, 0.4) is 0 Å². The molecular weight excluding hydrogens is 264 g/mol. The van der Waals surface area contributed by atoms with Crippen molar-refractivity contribution in [1.82, 2.24) is 9.78 Å². The summed E-state index contributed by atoms with van der Waals surface area (Å²) < 4.78 is 1.85. The van der Waals surface area contributed by atoms with E-state index in [1.54, 1.807) is 0 Å². The lowest BCUT2D eigenvalue weighted by molar-refractivity contribution is -0.116. The Labute approximate surface area is 124 Å². The second-order valence-electron chi connectivity index (χ2n) is 5.48. The molecule has 2 aromatic rings. The minimum atomic E-state index is -0.000953. The highest BCUT2D eigenvalue weighted by Gasteiger charge is 2.25. The van der Waals surface area contributed by atoms with Crippen LogP contribution in [0.5, 0.6) is 0 Å². The number of amides is 1. The van der Waals surface area contributed by atoms with Gasteiger partial charge in [-0.15, -0.1) is 0 Å². The molecule has 110 valence electrons. The maximum absolute atomic E-state index is 11.9.